The second kappa shape index (κ2) is 9.30. The molecule has 8 heteroatoms. The molecular weight excluding hydrogens is 416 g/mol. The molecule has 2 aliphatic rings. The molecule has 6 nitrogen and oxygen atoms in total. The largest absolute Gasteiger partial charge is 0.489 e. The Morgan fingerprint density at radius 3 is 2.72 bits per heavy atom. The van der Waals surface area contributed by atoms with E-state index in [1.165, 1.54) is 6.92 Å². The molecule has 2 heterocycles. The van der Waals surface area contributed by atoms with Crippen LogP contribution in [0, 0.1) is 5.92 Å². The van der Waals surface area contributed by atoms with E-state index in [0.29, 0.717) is 5.88 Å². The number of halogens is 2. The summed E-state index contributed by atoms with van der Waals surface area (Å²) in [6.07, 6.45) is 2.42. The van der Waals surface area contributed by atoms with Gasteiger partial charge >= 0.3 is 0 Å². The molecule has 4 rings (SSSR count). The summed E-state index contributed by atoms with van der Waals surface area (Å²) < 4.78 is 37.7. The Bertz CT molecular complexity index is 930. The molecule has 1 aromatic carbocycles. The second-order valence-corrected chi connectivity index (χ2v) is 8.76. The van der Waals surface area contributed by atoms with Crippen LogP contribution in [0.5, 0.6) is 11.6 Å². The van der Waals surface area contributed by atoms with Gasteiger partial charge in [0.2, 0.25) is 17.7 Å². The number of alkyl halides is 2. The van der Waals surface area contributed by atoms with E-state index in [1.807, 2.05) is 43.3 Å². The summed E-state index contributed by atoms with van der Waals surface area (Å²) >= 11 is 0. The SMILES string of the molecule is CC(=O)N[C@@H](C)c1ccc(O[C@@H]2CCN(c3ccnc(OCC4CC(F)(F)C4)c3)C2)cc1. The highest BCUT2D eigenvalue weighted by Gasteiger charge is 2.45. The number of hydrogen-bond donors (Lipinski definition) is 1. The zero-order valence-corrected chi connectivity index (χ0v) is 18.4. The lowest BCUT2D eigenvalue weighted by Gasteiger charge is -2.34. The normalized spacial score (nSPS) is 21.0. The van der Waals surface area contributed by atoms with Crippen LogP contribution in [-0.2, 0) is 4.79 Å². The fraction of sp³-hybridized carbons (Fsp3) is 0.500. The van der Waals surface area contributed by atoms with Gasteiger partial charge in [-0.25, -0.2) is 13.8 Å². The van der Waals surface area contributed by atoms with E-state index in [1.54, 1.807) is 6.20 Å². The number of hydrogen-bond acceptors (Lipinski definition) is 5. The summed E-state index contributed by atoms with van der Waals surface area (Å²) in [7, 11) is 0. The van der Waals surface area contributed by atoms with E-state index < -0.39 is 5.92 Å². The van der Waals surface area contributed by atoms with Crippen molar-refractivity contribution in [2.24, 2.45) is 5.92 Å². The van der Waals surface area contributed by atoms with E-state index in [9.17, 15) is 13.6 Å². The summed E-state index contributed by atoms with van der Waals surface area (Å²) in [5.74, 6) is -1.43. The van der Waals surface area contributed by atoms with Gasteiger partial charge in [0.05, 0.1) is 19.2 Å². The van der Waals surface area contributed by atoms with Crippen LogP contribution < -0.4 is 19.7 Å². The lowest BCUT2D eigenvalue weighted by Crippen LogP contribution is -2.38. The summed E-state index contributed by atoms with van der Waals surface area (Å²) in [6.45, 7) is 5.31. The van der Waals surface area contributed by atoms with Gasteiger partial charge in [0.25, 0.3) is 0 Å². The number of carbonyl (C=O) groups excluding carboxylic acids is 1. The Hall–Kier alpha value is -2.90. The van der Waals surface area contributed by atoms with Gasteiger partial charge in [-0.2, -0.15) is 0 Å². The first-order valence-corrected chi connectivity index (χ1v) is 11.0. The van der Waals surface area contributed by atoms with Crippen molar-refractivity contribution >= 4 is 11.6 Å². The number of anilines is 1. The molecule has 2 fully saturated rings. The van der Waals surface area contributed by atoms with Crippen LogP contribution in [-0.4, -0.2) is 42.6 Å². The third-order valence-electron chi connectivity index (χ3n) is 5.97. The van der Waals surface area contributed by atoms with E-state index >= 15 is 0 Å². The van der Waals surface area contributed by atoms with E-state index in [4.69, 9.17) is 9.47 Å². The summed E-state index contributed by atoms with van der Waals surface area (Å²) in [5, 5.41) is 2.87. The lowest BCUT2D eigenvalue weighted by molar-refractivity contribution is -0.120. The Morgan fingerprint density at radius 1 is 1.28 bits per heavy atom. The number of amides is 1. The highest BCUT2D eigenvalue weighted by Crippen LogP contribution is 2.42. The minimum Gasteiger partial charge on any atom is -0.489 e. The molecule has 1 aliphatic carbocycles. The van der Waals surface area contributed by atoms with Gasteiger partial charge in [0.15, 0.2) is 0 Å². The Balaban J connectivity index is 1.27. The molecule has 0 bridgehead atoms. The maximum Gasteiger partial charge on any atom is 0.248 e. The molecule has 0 radical (unpaired) electrons. The van der Waals surface area contributed by atoms with Gasteiger partial charge < -0.3 is 19.7 Å². The van der Waals surface area contributed by atoms with Crippen molar-refractivity contribution in [3.63, 3.8) is 0 Å². The highest BCUT2D eigenvalue weighted by molar-refractivity contribution is 5.73. The molecule has 2 atom stereocenters. The maximum absolute atomic E-state index is 13.0. The minimum atomic E-state index is -2.53. The van der Waals surface area contributed by atoms with Crippen LogP contribution in [0.4, 0.5) is 14.5 Å². The number of benzene rings is 1. The number of aromatic nitrogens is 1. The number of rotatable bonds is 8. The molecule has 172 valence electrons. The predicted octanol–water partition coefficient (Wildman–Crippen LogP) is 4.36. The van der Waals surface area contributed by atoms with Gasteiger partial charge in [-0.3, -0.25) is 4.79 Å². The molecule has 1 N–H and O–H groups in total. The smallest absolute Gasteiger partial charge is 0.248 e. The maximum atomic E-state index is 13.0. The standard InChI is InChI=1S/C24H29F2N3O3/c1-16(28-17(2)30)19-3-5-21(6-4-19)32-22-8-10-29(14-22)20-7-9-27-23(11-20)31-15-18-12-24(25,26)13-18/h3-7,9,11,16,18,22H,8,10,12-15H2,1-2H3,(H,28,30)/t16-,22+/m0/s1. The zero-order valence-electron chi connectivity index (χ0n) is 18.4. The third-order valence-corrected chi connectivity index (χ3v) is 5.97. The first-order valence-electron chi connectivity index (χ1n) is 11.0. The minimum absolute atomic E-state index is 0.0487. The molecule has 0 unspecified atom stereocenters. The highest BCUT2D eigenvalue weighted by atomic mass is 19.3. The van der Waals surface area contributed by atoms with Crippen LogP contribution in [0.1, 0.15) is 44.7 Å². The van der Waals surface area contributed by atoms with Crippen LogP contribution >= 0.6 is 0 Å². The second-order valence-electron chi connectivity index (χ2n) is 8.76. The van der Waals surface area contributed by atoms with E-state index in [2.05, 4.69) is 15.2 Å². The van der Waals surface area contributed by atoms with Crippen LogP contribution in [0.2, 0.25) is 0 Å². The number of carbonyl (C=O) groups is 1. The number of ether oxygens (including phenoxy) is 2. The monoisotopic (exact) mass is 445 g/mol. The van der Waals surface area contributed by atoms with Gasteiger partial charge in [-0.1, -0.05) is 12.1 Å². The van der Waals surface area contributed by atoms with Crippen LogP contribution in [0.25, 0.3) is 0 Å². The number of nitrogens with zero attached hydrogens (tertiary/aromatic N) is 2. The average molecular weight is 446 g/mol. The average Bonchev–Trinajstić information content (AvgIpc) is 3.19. The molecule has 1 aromatic heterocycles. The van der Waals surface area contributed by atoms with Crippen LogP contribution in [0.15, 0.2) is 42.6 Å². The van der Waals surface area contributed by atoms with Crippen molar-refractivity contribution in [3.05, 3.63) is 48.2 Å². The molecule has 1 saturated carbocycles. The van der Waals surface area contributed by atoms with E-state index in [-0.39, 0.29) is 43.4 Å². The van der Waals surface area contributed by atoms with Crippen molar-refractivity contribution < 1.29 is 23.0 Å². The number of pyridine rings is 1. The lowest BCUT2D eigenvalue weighted by atomic mass is 9.82. The topological polar surface area (TPSA) is 63.7 Å². The van der Waals surface area contributed by atoms with Crippen molar-refractivity contribution in [2.45, 2.75) is 51.2 Å². The first kappa shape index (κ1) is 22.3. The third kappa shape index (κ3) is 5.66. The zero-order chi connectivity index (χ0) is 22.7. The van der Waals surface area contributed by atoms with Crippen LogP contribution in [0.3, 0.4) is 0 Å². The summed E-state index contributed by atoms with van der Waals surface area (Å²) in [4.78, 5) is 17.6. The predicted molar refractivity (Wildman–Crippen MR) is 117 cm³/mol. The van der Waals surface area contributed by atoms with Crippen molar-refractivity contribution in [2.75, 3.05) is 24.6 Å². The molecule has 0 spiro atoms. The fourth-order valence-electron chi connectivity index (χ4n) is 4.26. The molecular formula is C24H29F2N3O3. The summed E-state index contributed by atoms with van der Waals surface area (Å²) in [6, 6.07) is 11.5. The summed E-state index contributed by atoms with van der Waals surface area (Å²) in [5.41, 5.74) is 2.01. The fourth-order valence-corrected chi connectivity index (χ4v) is 4.26. The Labute approximate surface area is 186 Å². The van der Waals surface area contributed by atoms with Gasteiger partial charge in [0, 0.05) is 56.6 Å². The molecule has 1 amide bonds. The van der Waals surface area contributed by atoms with Crippen molar-refractivity contribution in [3.8, 4) is 11.6 Å². The van der Waals surface area contributed by atoms with E-state index in [0.717, 1.165) is 36.5 Å². The van der Waals surface area contributed by atoms with Gasteiger partial charge in [-0.05, 0) is 30.7 Å². The van der Waals surface area contributed by atoms with Crippen molar-refractivity contribution in [1.29, 1.82) is 0 Å². The molecule has 2 aromatic rings. The van der Waals surface area contributed by atoms with Gasteiger partial charge in [0.1, 0.15) is 11.9 Å². The molecule has 32 heavy (non-hydrogen) atoms. The molecule has 1 saturated heterocycles. The first-order chi connectivity index (χ1) is 15.3. The quantitative estimate of drug-likeness (QED) is 0.654. The number of nitrogens with one attached hydrogen (secondary N) is 1. The van der Waals surface area contributed by atoms with Gasteiger partial charge in [-0.15, -0.1) is 0 Å². The Morgan fingerprint density at radius 2 is 2.03 bits per heavy atom. The Kier molecular flexibility index (Phi) is 6.48. The van der Waals surface area contributed by atoms with Crippen molar-refractivity contribution in [1.82, 2.24) is 10.3 Å². The molecule has 1 aliphatic heterocycles.